The van der Waals surface area contributed by atoms with Gasteiger partial charge in [0.15, 0.2) is 0 Å². The smallest absolute Gasteiger partial charge is 0.0329 e. The number of hydrogen-bond donors (Lipinski definition) is 0. The van der Waals surface area contributed by atoms with Crippen molar-refractivity contribution < 1.29 is 0 Å². The first-order valence-electron chi connectivity index (χ1n) is 7.17. The lowest BCUT2D eigenvalue weighted by atomic mass is 10.0. The lowest BCUT2D eigenvalue weighted by Gasteiger charge is -2.35. The van der Waals surface area contributed by atoms with Crippen LogP contribution in [0.25, 0.3) is 0 Å². The standard InChI is InChI=1S/C15H33NSi/c1-8-15(13(6)14(7)17)16(9-11(2)3)10-12(4)5/h11-12,15H,8-10H2,1-7,17H3. The van der Waals surface area contributed by atoms with Gasteiger partial charge in [0, 0.05) is 29.4 Å². The van der Waals surface area contributed by atoms with Crippen molar-refractivity contribution in [3.8, 4) is 0 Å². The molecule has 0 saturated carbocycles. The fraction of sp³-hybridized carbons (Fsp3) is 0.867. The van der Waals surface area contributed by atoms with E-state index in [2.05, 4.69) is 53.4 Å². The number of rotatable bonds is 7. The van der Waals surface area contributed by atoms with E-state index >= 15 is 0 Å². The van der Waals surface area contributed by atoms with Crippen LogP contribution in [0, 0.1) is 11.8 Å². The highest BCUT2D eigenvalue weighted by atomic mass is 28.1. The first-order valence-corrected chi connectivity index (χ1v) is 8.17. The van der Waals surface area contributed by atoms with Crippen LogP contribution < -0.4 is 0 Å². The van der Waals surface area contributed by atoms with Crippen molar-refractivity contribution in [2.45, 2.75) is 60.9 Å². The SMILES string of the molecule is CCC(C(C)=C(C)[SiH3])N(CC(C)C)CC(C)C. The molecular weight excluding hydrogens is 222 g/mol. The van der Waals surface area contributed by atoms with Gasteiger partial charge in [-0.3, -0.25) is 4.90 Å². The third-order valence-corrected chi connectivity index (χ3v) is 4.10. The van der Waals surface area contributed by atoms with Gasteiger partial charge in [-0.2, -0.15) is 0 Å². The Bertz CT molecular complexity index is 229. The van der Waals surface area contributed by atoms with Crippen molar-refractivity contribution in [1.82, 2.24) is 4.90 Å². The van der Waals surface area contributed by atoms with Crippen LogP contribution in [0.3, 0.4) is 0 Å². The van der Waals surface area contributed by atoms with Crippen LogP contribution in [0.1, 0.15) is 54.9 Å². The third-order valence-electron chi connectivity index (χ3n) is 3.32. The van der Waals surface area contributed by atoms with E-state index in [0.717, 1.165) is 11.8 Å². The van der Waals surface area contributed by atoms with Gasteiger partial charge in [-0.25, -0.2) is 0 Å². The summed E-state index contributed by atoms with van der Waals surface area (Å²) in [5, 5.41) is 1.62. The molecule has 1 atom stereocenters. The Labute approximate surface area is 112 Å². The van der Waals surface area contributed by atoms with Crippen LogP contribution in [-0.2, 0) is 0 Å². The average Bonchev–Trinajstić information content (AvgIpc) is 2.16. The van der Waals surface area contributed by atoms with E-state index < -0.39 is 0 Å². The monoisotopic (exact) mass is 255 g/mol. The second-order valence-corrected chi connectivity index (χ2v) is 7.85. The van der Waals surface area contributed by atoms with Gasteiger partial charge in [-0.05, 0) is 32.1 Å². The molecule has 0 aliphatic carbocycles. The maximum Gasteiger partial charge on any atom is 0.0329 e. The quantitative estimate of drug-likeness (QED) is 0.632. The van der Waals surface area contributed by atoms with Crippen molar-refractivity contribution >= 4 is 10.2 Å². The van der Waals surface area contributed by atoms with Crippen molar-refractivity contribution in [3.63, 3.8) is 0 Å². The Hall–Kier alpha value is -0.0831. The molecule has 0 saturated heterocycles. The minimum absolute atomic E-state index is 0.664. The van der Waals surface area contributed by atoms with E-state index in [1.807, 2.05) is 0 Å². The summed E-state index contributed by atoms with van der Waals surface area (Å²) in [4.78, 5) is 2.70. The molecule has 0 fully saturated rings. The maximum absolute atomic E-state index is 2.70. The van der Waals surface area contributed by atoms with E-state index in [1.165, 1.54) is 29.8 Å². The lowest BCUT2D eigenvalue weighted by Crippen LogP contribution is -2.41. The zero-order valence-corrected chi connectivity index (χ0v) is 15.3. The molecule has 0 amide bonds. The summed E-state index contributed by atoms with van der Waals surface area (Å²) in [5.41, 5.74) is 1.63. The van der Waals surface area contributed by atoms with Crippen LogP contribution in [0.15, 0.2) is 10.8 Å². The summed E-state index contributed by atoms with van der Waals surface area (Å²) >= 11 is 0. The normalized spacial score (nSPS) is 15.9. The largest absolute Gasteiger partial charge is 0.296 e. The Morgan fingerprint density at radius 1 is 1.00 bits per heavy atom. The van der Waals surface area contributed by atoms with E-state index in [-0.39, 0.29) is 0 Å². The zero-order valence-electron chi connectivity index (χ0n) is 13.3. The molecule has 0 heterocycles. The Morgan fingerprint density at radius 2 is 1.41 bits per heavy atom. The molecule has 0 rings (SSSR count). The molecule has 0 N–H and O–H groups in total. The predicted molar refractivity (Wildman–Crippen MR) is 83.6 cm³/mol. The molecule has 0 aliphatic rings. The molecule has 0 aromatic heterocycles. The van der Waals surface area contributed by atoms with E-state index in [4.69, 9.17) is 0 Å². The Balaban J connectivity index is 4.90. The minimum atomic E-state index is 0.664. The van der Waals surface area contributed by atoms with Gasteiger partial charge >= 0.3 is 0 Å². The molecule has 0 aliphatic heterocycles. The van der Waals surface area contributed by atoms with Crippen LogP contribution >= 0.6 is 0 Å². The molecule has 0 aromatic rings. The highest BCUT2D eigenvalue weighted by Gasteiger charge is 2.20. The van der Waals surface area contributed by atoms with Crippen molar-refractivity contribution in [2.75, 3.05) is 13.1 Å². The van der Waals surface area contributed by atoms with Crippen LogP contribution in [0.5, 0.6) is 0 Å². The fourth-order valence-corrected chi connectivity index (χ4v) is 2.77. The van der Waals surface area contributed by atoms with Gasteiger partial charge in [-0.1, -0.05) is 45.4 Å². The van der Waals surface area contributed by atoms with E-state index in [0.29, 0.717) is 6.04 Å². The van der Waals surface area contributed by atoms with Gasteiger partial charge in [0.05, 0.1) is 0 Å². The van der Waals surface area contributed by atoms with Crippen LogP contribution in [-0.4, -0.2) is 34.3 Å². The molecule has 0 spiro atoms. The minimum Gasteiger partial charge on any atom is -0.296 e. The number of nitrogens with zero attached hydrogens (tertiary/aromatic N) is 1. The van der Waals surface area contributed by atoms with E-state index in [9.17, 15) is 0 Å². The van der Waals surface area contributed by atoms with Gasteiger partial charge in [-0.15, -0.1) is 0 Å². The summed E-state index contributed by atoms with van der Waals surface area (Å²) in [6.45, 7) is 18.7. The molecular formula is C15H33NSi. The molecule has 0 bridgehead atoms. The molecule has 17 heavy (non-hydrogen) atoms. The van der Waals surface area contributed by atoms with Crippen molar-refractivity contribution in [3.05, 3.63) is 10.8 Å². The third kappa shape index (κ3) is 6.42. The molecule has 0 aromatic carbocycles. The topological polar surface area (TPSA) is 3.24 Å². The predicted octanol–water partition coefficient (Wildman–Crippen LogP) is 3.04. The first kappa shape index (κ1) is 16.9. The van der Waals surface area contributed by atoms with Gasteiger partial charge in [0.1, 0.15) is 0 Å². The zero-order chi connectivity index (χ0) is 13.6. The Kier molecular flexibility index (Phi) is 8.06. The lowest BCUT2D eigenvalue weighted by molar-refractivity contribution is 0.172. The molecule has 0 radical (unpaired) electrons. The second-order valence-electron chi connectivity index (χ2n) is 6.35. The van der Waals surface area contributed by atoms with E-state index in [1.54, 1.807) is 10.8 Å². The summed E-state index contributed by atoms with van der Waals surface area (Å²) in [7, 11) is 1.20. The summed E-state index contributed by atoms with van der Waals surface area (Å²) in [5.74, 6) is 1.51. The van der Waals surface area contributed by atoms with Crippen molar-refractivity contribution in [2.24, 2.45) is 11.8 Å². The molecule has 102 valence electrons. The fourth-order valence-electron chi connectivity index (χ4n) is 2.44. The Morgan fingerprint density at radius 3 is 1.65 bits per heavy atom. The first-order chi connectivity index (χ1) is 7.79. The summed E-state index contributed by atoms with van der Waals surface area (Å²) < 4.78 is 0. The van der Waals surface area contributed by atoms with Crippen LogP contribution in [0.2, 0.25) is 0 Å². The highest BCUT2D eigenvalue weighted by molar-refractivity contribution is 6.21. The molecule has 2 heteroatoms. The summed E-state index contributed by atoms with van der Waals surface area (Å²) in [6.07, 6.45) is 1.24. The van der Waals surface area contributed by atoms with Gasteiger partial charge in [0.25, 0.3) is 0 Å². The maximum atomic E-state index is 2.70. The number of hydrogen-bond acceptors (Lipinski definition) is 1. The average molecular weight is 256 g/mol. The molecule has 1 nitrogen and oxygen atoms in total. The highest BCUT2D eigenvalue weighted by Crippen LogP contribution is 2.19. The number of allylic oxidation sites excluding steroid dienone is 1. The second kappa shape index (κ2) is 8.10. The van der Waals surface area contributed by atoms with Gasteiger partial charge in [0.2, 0.25) is 0 Å². The molecule has 1 unspecified atom stereocenters. The van der Waals surface area contributed by atoms with Gasteiger partial charge < -0.3 is 0 Å². The summed E-state index contributed by atoms with van der Waals surface area (Å²) in [6, 6.07) is 0.664. The van der Waals surface area contributed by atoms with Crippen molar-refractivity contribution in [1.29, 1.82) is 0 Å². The van der Waals surface area contributed by atoms with Crippen LogP contribution in [0.4, 0.5) is 0 Å².